The van der Waals surface area contributed by atoms with Gasteiger partial charge in [0.2, 0.25) is 0 Å². The van der Waals surface area contributed by atoms with Crippen molar-refractivity contribution in [3.05, 3.63) is 70.1 Å². The molecule has 2 aromatic carbocycles. The molecular formula is C29H26ClN7O3. The van der Waals surface area contributed by atoms with Gasteiger partial charge in [-0.1, -0.05) is 29.7 Å². The summed E-state index contributed by atoms with van der Waals surface area (Å²) in [5, 5.41) is 28.2. The lowest BCUT2D eigenvalue weighted by Crippen LogP contribution is -2.27. The van der Waals surface area contributed by atoms with E-state index >= 15 is 0 Å². The molecule has 11 heteroatoms. The quantitative estimate of drug-likeness (QED) is 0.320. The number of amides is 1. The molecule has 1 saturated carbocycles. The average Bonchev–Trinajstić information content (AvgIpc) is 3.38. The van der Waals surface area contributed by atoms with Crippen LogP contribution in [-0.4, -0.2) is 55.6 Å². The number of halogens is 1. The number of benzene rings is 2. The van der Waals surface area contributed by atoms with E-state index in [0.29, 0.717) is 53.2 Å². The maximum absolute atomic E-state index is 11.6. The first-order valence-corrected chi connectivity index (χ1v) is 13.4. The summed E-state index contributed by atoms with van der Waals surface area (Å²) < 4.78 is 9.09. The molecule has 3 heterocycles. The topological polar surface area (TPSA) is 121 Å². The zero-order chi connectivity index (χ0) is 27.8. The van der Waals surface area contributed by atoms with Crippen LogP contribution in [0, 0.1) is 23.2 Å². The lowest BCUT2D eigenvalue weighted by molar-refractivity contribution is 0.154. The second-order valence-electron chi connectivity index (χ2n) is 9.96. The van der Waals surface area contributed by atoms with Gasteiger partial charge in [-0.25, -0.2) is 14.5 Å². The van der Waals surface area contributed by atoms with Crippen LogP contribution in [0.5, 0.6) is 5.75 Å². The lowest BCUT2D eigenvalue weighted by Gasteiger charge is -2.16. The fourth-order valence-electron chi connectivity index (χ4n) is 5.02. The summed E-state index contributed by atoms with van der Waals surface area (Å²) in [6.45, 7) is 1.10. The Hall–Kier alpha value is -4.67. The Labute approximate surface area is 235 Å². The van der Waals surface area contributed by atoms with Crippen LogP contribution in [0.4, 0.5) is 10.6 Å². The Morgan fingerprint density at radius 1 is 1.20 bits per heavy atom. The number of imidazole rings is 1. The van der Waals surface area contributed by atoms with Crippen LogP contribution in [-0.2, 0) is 6.54 Å². The van der Waals surface area contributed by atoms with E-state index in [2.05, 4.69) is 32.8 Å². The number of carboxylic acid groups (broad SMARTS) is 1. The van der Waals surface area contributed by atoms with Gasteiger partial charge in [0.25, 0.3) is 0 Å². The molecule has 2 aliphatic rings. The third kappa shape index (κ3) is 4.90. The summed E-state index contributed by atoms with van der Waals surface area (Å²) in [5.41, 5.74) is 3.97. The van der Waals surface area contributed by atoms with Crippen LogP contribution in [0.3, 0.4) is 0 Å². The molecule has 0 bridgehead atoms. The Morgan fingerprint density at radius 3 is 2.67 bits per heavy atom. The number of nitriles is 1. The standard InChI is InChI=1S/C29H26ClN7O3/c1-40-22-7-2-18(3-8-22)15-32-28-23(14-31)25(34-37(28)21-10-11-35(16-21)29(38)39)9-4-19-12-26-27(13-24(19)30)36(17-33-26)20-5-6-20/h2-3,7-8,12-13,17,20-21,32H,5-6,10-11,15-16H2,1H3,(H,38,39). The number of nitrogens with zero attached hydrogens (tertiary/aromatic N) is 6. The number of hydrogen-bond donors (Lipinski definition) is 2. The van der Waals surface area contributed by atoms with Crippen LogP contribution in [0.15, 0.2) is 42.7 Å². The van der Waals surface area contributed by atoms with Gasteiger partial charge in [0.15, 0.2) is 5.69 Å². The molecule has 2 aromatic heterocycles. The molecule has 1 aliphatic heterocycles. The molecule has 202 valence electrons. The zero-order valence-corrected chi connectivity index (χ0v) is 22.5. The summed E-state index contributed by atoms with van der Waals surface area (Å²) in [5.74, 6) is 7.39. The first kappa shape index (κ1) is 25.6. The lowest BCUT2D eigenvalue weighted by atomic mass is 10.1. The molecule has 1 saturated heterocycles. The summed E-state index contributed by atoms with van der Waals surface area (Å²) in [6.07, 6.45) is 3.73. The molecule has 6 rings (SSSR count). The number of hydrogen-bond acceptors (Lipinski definition) is 6. The predicted molar refractivity (Wildman–Crippen MR) is 150 cm³/mol. The Balaban J connectivity index is 1.34. The van der Waals surface area contributed by atoms with E-state index in [4.69, 9.17) is 21.4 Å². The summed E-state index contributed by atoms with van der Waals surface area (Å²) in [4.78, 5) is 17.4. The number of carbonyl (C=O) groups is 1. The first-order valence-electron chi connectivity index (χ1n) is 13.0. The molecule has 1 aliphatic carbocycles. The highest BCUT2D eigenvalue weighted by atomic mass is 35.5. The van der Waals surface area contributed by atoms with Crippen molar-refractivity contribution in [1.29, 1.82) is 5.26 Å². The molecule has 4 aromatic rings. The van der Waals surface area contributed by atoms with Crippen LogP contribution < -0.4 is 10.1 Å². The molecule has 2 fully saturated rings. The van der Waals surface area contributed by atoms with Crippen molar-refractivity contribution in [2.75, 3.05) is 25.5 Å². The Kier molecular flexibility index (Phi) is 6.71. The maximum atomic E-state index is 11.6. The molecule has 1 unspecified atom stereocenters. The normalized spacial score (nSPS) is 16.4. The minimum Gasteiger partial charge on any atom is -0.497 e. The van der Waals surface area contributed by atoms with Gasteiger partial charge < -0.3 is 24.6 Å². The van der Waals surface area contributed by atoms with Gasteiger partial charge in [0, 0.05) is 31.2 Å². The van der Waals surface area contributed by atoms with Gasteiger partial charge >= 0.3 is 6.09 Å². The van der Waals surface area contributed by atoms with Gasteiger partial charge in [0.1, 0.15) is 23.2 Å². The predicted octanol–water partition coefficient (Wildman–Crippen LogP) is 5.04. The van der Waals surface area contributed by atoms with Crippen LogP contribution in [0.25, 0.3) is 11.0 Å². The van der Waals surface area contributed by atoms with E-state index in [9.17, 15) is 15.2 Å². The van der Waals surface area contributed by atoms with Crippen molar-refractivity contribution < 1.29 is 14.6 Å². The highest BCUT2D eigenvalue weighted by molar-refractivity contribution is 6.32. The van der Waals surface area contributed by atoms with Crippen molar-refractivity contribution in [1.82, 2.24) is 24.2 Å². The van der Waals surface area contributed by atoms with E-state index in [-0.39, 0.29) is 12.6 Å². The average molecular weight is 556 g/mol. The maximum Gasteiger partial charge on any atom is 0.407 e. The molecule has 1 atom stereocenters. The van der Waals surface area contributed by atoms with Gasteiger partial charge in [-0.15, -0.1) is 0 Å². The van der Waals surface area contributed by atoms with Crippen molar-refractivity contribution in [2.24, 2.45) is 0 Å². The number of likely N-dealkylation sites (tertiary alicyclic amines) is 1. The van der Waals surface area contributed by atoms with Crippen LogP contribution >= 0.6 is 11.6 Å². The van der Waals surface area contributed by atoms with Gasteiger partial charge in [0.05, 0.1) is 35.5 Å². The minimum absolute atomic E-state index is 0.233. The SMILES string of the molecule is COc1ccc(CNc2c(C#N)c(C#Cc3cc4ncn(C5CC5)c4cc3Cl)nn2C2CCN(C(=O)O)C2)cc1. The van der Waals surface area contributed by atoms with E-state index in [0.717, 1.165) is 35.2 Å². The smallest absolute Gasteiger partial charge is 0.407 e. The molecule has 1 amide bonds. The number of nitrogens with one attached hydrogen (secondary N) is 1. The fourth-order valence-corrected chi connectivity index (χ4v) is 5.23. The highest BCUT2D eigenvalue weighted by Gasteiger charge is 2.31. The molecule has 10 nitrogen and oxygen atoms in total. The number of ether oxygens (including phenoxy) is 1. The highest BCUT2D eigenvalue weighted by Crippen LogP contribution is 2.38. The number of anilines is 1. The van der Waals surface area contributed by atoms with E-state index in [1.807, 2.05) is 42.7 Å². The van der Waals surface area contributed by atoms with Gasteiger partial charge in [-0.3, -0.25) is 0 Å². The fraction of sp³-hybridized carbons (Fsp3) is 0.310. The second-order valence-corrected chi connectivity index (χ2v) is 10.4. The zero-order valence-electron chi connectivity index (χ0n) is 21.8. The van der Waals surface area contributed by atoms with Crippen molar-refractivity contribution in [3.63, 3.8) is 0 Å². The third-order valence-corrected chi connectivity index (χ3v) is 7.65. The third-order valence-electron chi connectivity index (χ3n) is 7.34. The Morgan fingerprint density at radius 2 is 2.00 bits per heavy atom. The molecule has 0 spiro atoms. The van der Waals surface area contributed by atoms with E-state index in [1.165, 1.54) is 4.90 Å². The van der Waals surface area contributed by atoms with Crippen molar-refractivity contribution in [2.45, 2.75) is 37.9 Å². The largest absolute Gasteiger partial charge is 0.497 e. The van der Waals surface area contributed by atoms with E-state index in [1.54, 1.807) is 11.8 Å². The van der Waals surface area contributed by atoms with Crippen LogP contribution in [0.1, 0.15) is 53.7 Å². The number of rotatable bonds is 6. The van der Waals surface area contributed by atoms with Crippen LogP contribution in [0.2, 0.25) is 5.02 Å². The van der Waals surface area contributed by atoms with Gasteiger partial charge in [-0.05, 0) is 55.0 Å². The first-order chi connectivity index (χ1) is 19.4. The number of fused-ring (bicyclic) bond motifs is 1. The molecular weight excluding hydrogens is 530 g/mol. The van der Waals surface area contributed by atoms with Crippen molar-refractivity contribution >= 4 is 34.5 Å². The molecule has 2 N–H and O–H groups in total. The second kappa shape index (κ2) is 10.5. The summed E-state index contributed by atoms with van der Waals surface area (Å²) in [6, 6.07) is 13.9. The number of aromatic nitrogens is 4. The summed E-state index contributed by atoms with van der Waals surface area (Å²) in [7, 11) is 1.61. The number of methoxy groups -OCH3 is 1. The minimum atomic E-state index is -0.975. The molecule has 40 heavy (non-hydrogen) atoms. The Bertz CT molecular complexity index is 1700. The monoisotopic (exact) mass is 555 g/mol. The summed E-state index contributed by atoms with van der Waals surface area (Å²) >= 11 is 6.61. The molecule has 0 radical (unpaired) electrons. The van der Waals surface area contributed by atoms with Crippen molar-refractivity contribution in [3.8, 4) is 23.7 Å². The van der Waals surface area contributed by atoms with Gasteiger partial charge in [-0.2, -0.15) is 10.4 Å². The van der Waals surface area contributed by atoms with E-state index < -0.39 is 6.09 Å².